The van der Waals surface area contributed by atoms with E-state index in [0.717, 1.165) is 11.8 Å². The number of anilines is 1. The topological polar surface area (TPSA) is 3.24 Å². The Balaban J connectivity index is 2.22. The van der Waals surface area contributed by atoms with Crippen molar-refractivity contribution in [3.05, 3.63) is 30.3 Å². The van der Waals surface area contributed by atoms with E-state index in [4.69, 9.17) is 0 Å². The molecule has 0 radical (unpaired) electrons. The normalized spacial score (nSPS) is 28.7. The summed E-state index contributed by atoms with van der Waals surface area (Å²) >= 11 is 0. The average Bonchev–Trinajstić information content (AvgIpc) is 2.28. The molecule has 0 spiro atoms. The summed E-state index contributed by atoms with van der Waals surface area (Å²) in [7, 11) is 0. The number of hydrogen-bond donors (Lipinski definition) is 0. The lowest BCUT2D eigenvalue weighted by atomic mass is 9.84. The molecule has 0 bridgehead atoms. The van der Waals surface area contributed by atoms with Gasteiger partial charge in [0.25, 0.3) is 0 Å². The van der Waals surface area contributed by atoms with Crippen LogP contribution in [-0.4, -0.2) is 12.1 Å². The van der Waals surface area contributed by atoms with Crippen LogP contribution >= 0.6 is 0 Å². The molecule has 1 fully saturated rings. The number of benzene rings is 1. The van der Waals surface area contributed by atoms with Crippen molar-refractivity contribution in [2.75, 3.05) is 4.90 Å². The Hall–Kier alpha value is -0.980. The van der Waals surface area contributed by atoms with Crippen molar-refractivity contribution in [3.8, 4) is 0 Å². The van der Waals surface area contributed by atoms with Crippen molar-refractivity contribution in [2.45, 2.75) is 59.0 Å². The molecule has 1 nitrogen and oxygen atoms in total. The lowest BCUT2D eigenvalue weighted by Gasteiger charge is -2.45. The van der Waals surface area contributed by atoms with Gasteiger partial charge in [-0.1, -0.05) is 39.0 Å². The van der Waals surface area contributed by atoms with E-state index in [-0.39, 0.29) is 0 Å². The molecule has 0 amide bonds. The van der Waals surface area contributed by atoms with Crippen LogP contribution in [0.4, 0.5) is 5.69 Å². The molecule has 0 aromatic heterocycles. The van der Waals surface area contributed by atoms with Crippen LogP contribution in [0.3, 0.4) is 0 Å². The van der Waals surface area contributed by atoms with E-state index < -0.39 is 0 Å². The Kier molecular flexibility index (Phi) is 4.31. The third kappa shape index (κ3) is 3.07. The Morgan fingerprint density at radius 1 is 1.11 bits per heavy atom. The number of hydrogen-bond acceptors (Lipinski definition) is 1. The van der Waals surface area contributed by atoms with Gasteiger partial charge in [0.05, 0.1) is 0 Å². The fraction of sp³-hybridized carbons (Fsp3) is 0.647. The second-order valence-electron chi connectivity index (χ2n) is 6.45. The van der Waals surface area contributed by atoms with Crippen molar-refractivity contribution in [1.29, 1.82) is 0 Å². The Bertz CT molecular complexity index is 355. The third-order valence-corrected chi connectivity index (χ3v) is 4.08. The lowest BCUT2D eigenvalue weighted by molar-refractivity contribution is 0.286. The highest BCUT2D eigenvalue weighted by atomic mass is 15.2. The smallest absolute Gasteiger partial charge is 0.0371 e. The van der Waals surface area contributed by atoms with Gasteiger partial charge in [0.15, 0.2) is 0 Å². The highest BCUT2D eigenvalue weighted by Gasteiger charge is 2.31. The van der Waals surface area contributed by atoms with Gasteiger partial charge in [-0.05, 0) is 50.2 Å². The van der Waals surface area contributed by atoms with Crippen LogP contribution < -0.4 is 4.90 Å². The number of piperidine rings is 1. The quantitative estimate of drug-likeness (QED) is 0.744. The summed E-state index contributed by atoms with van der Waals surface area (Å²) in [6.45, 7) is 9.47. The summed E-state index contributed by atoms with van der Waals surface area (Å²) in [5.41, 5.74) is 1.41. The van der Waals surface area contributed by atoms with E-state index in [0.29, 0.717) is 12.1 Å². The van der Waals surface area contributed by atoms with Crippen LogP contribution in [-0.2, 0) is 0 Å². The van der Waals surface area contributed by atoms with E-state index in [1.807, 2.05) is 0 Å². The van der Waals surface area contributed by atoms with E-state index in [1.54, 1.807) is 0 Å². The molecule has 3 atom stereocenters. The van der Waals surface area contributed by atoms with Gasteiger partial charge in [-0.25, -0.2) is 0 Å². The van der Waals surface area contributed by atoms with E-state index in [1.165, 1.54) is 24.9 Å². The van der Waals surface area contributed by atoms with Gasteiger partial charge in [-0.2, -0.15) is 0 Å². The zero-order valence-corrected chi connectivity index (χ0v) is 12.3. The standard InChI is InChI=1S/C17H27N/c1-13(2)10-17-12-14(3)11-15(4)18(17)16-8-6-5-7-9-16/h5-9,13-15,17H,10-12H2,1-4H3. The Labute approximate surface area is 112 Å². The molecule has 0 N–H and O–H groups in total. The molecular formula is C17H27N. The van der Waals surface area contributed by atoms with Gasteiger partial charge >= 0.3 is 0 Å². The van der Waals surface area contributed by atoms with Crippen LogP contribution in [0.1, 0.15) is 47.0 Å². The predicted octanol–water partition coefficient (Wildman–Crippen LogP) is 4.73. The van der Waals surface area contributed by atoms with Crippen molar-refractivity contribution in [1.82, 2.24) is 0 Å². The third-order valence-electron chi connectivity index (χ3n) is 4.08. The van der Waals surface area contributed by atoms with Gasteiger partial charge in [-0.3, -0.25) is 0 Å². The molecule has 2 rings (SSSR count). The highest BCUT2D eigenvalue weighted by molar-refractivity contribution is 5.48. The number of rotatable bonds is 3. The summed E-state index contributed by atoms with van der Waals surface area (Å²) in [5.74, 6) is 1.64. The van der Waals surface area contributed by atoms with Crippen molar-refractivity contribution in [3.63, 3.8) is 0 Å². The highest BCUT2D eigenvalue weighted by Crippen LogP contribution is 2.34. The van der Waals surface area contributed by atoms with Gasteiger partial charge in [0.2, 0.25) is 0 Å². The fourth-order valence-electron chi connectivity index (χ4n) is 3.55. The average molecular weight is 245 g/mol. The molecular weight excluding hydrogens is 218 g/mol. The zero-order valence-electron chi connectivity index (χ0n) is 12.3. The van der Waals surface area contributed by atoms with Crippen LogP contribution in [0.25, 0.3) is 0 Å². The van der Waals surface area contributed by atoms with Gasteiger partial charge in [0, 0.05) is 17.8 Å². The maximum Gasteiger partial charge on any atom is 0.0371 e. The molecule has 1 aliphatic rings. The molecule has 0 saturated carbocycles. The van der Waals surface area contributed by atoms with Crippen LogP contribution in [0.5, 0.6) is 0 Å². The first kappa shape index (κ1) is 13.5. The molecule has 0 aliphatic carbocycles. The van der Waals surface area contributed by atoms with Crippen molar-refractivity contribution in [2.24, 2.45) is 11.8 Å². The van der Waals surface area contributed by atoms with Crippen molar-refractivity contribution >= 4 is 5.69 Å². The van der Waals surface area contributed by atoms with Gasteiger partial charge in [0.1, 0.15) is 0 Å². The first-order valence-electron chi connectivity index (χ1n) is 7.41. The molecule has 1 aromatic rings. The summed E-state index contributed by atoms with van der Waals surface area (Å²) in [4.78, 5) is 2.67. The minimum Gasteiger partial charge on any atom is -0.366 e. The van der Waals surface area contributed by atoms with Gasteiger partial charge in [-0.15, -0.1) is 0 Å². The van der Waals surface area contributed by atoms with Crippen molar-refractivity contribution < 1.29 is 0 Å². The maximum atomic E-state index is 2.67. The Morgan fingerprint density at radius 3 is 2.39 bits per heavy atom. The van der Waals surface area contributed by atoms with Crippen LogP contribution in [0.15, 0.2) is 30.3 Å². The molecule has 100 valence electrons. The first-order chi connectivity index (χ1) is 8.58. The summed E-state index contributed by atoms with van der Waals surface area (Å²) in [5, 5.41) is 0. The molecule has 1 heterocycles. The minimum atomic E-state index is 0.667. The van der Waals surface area contributed by atoms with Crippen LogP contribution in [0.2, 0.25) is 0 Å². The van der Waals surface area contributed by atoms with E-state index >= 15 is 0 Å². The summed E-state index contributed by atoms with van der Waals surface area (Å²) in [6, 6.07) is 12.3. The lowest BCUT2D eigenvalue weighted by Crippen LogP contribution is -2.48. The summed E-state index contributed by atoms with van der Waals surface area (Å²) in [6.07, 6.45) is 3.98. The van der Waals surface area contributed by atoms with E-state index in [9.17, 15) is 0 Å². The number of para-hydroxylation sites is 1. The largest absolute Gasteiger partial charge is 0.366 e. The van der Waals surface area contributed by atoms with Crippen LogP contribution in [0, 0.1) is 11.8 Å². The van der Waals surface area contributed by atoms with Gasteiger partial charge < -0.3 is 4.90 Å². The second-order valence-corrected chi connectivity index (χ2v) is 6.45. The minimum absolute atomic E-state index is 0.667. The number of nitrogens with zero attached hydrogens (tertiary/aromatic N) is 1. The SMILES string of the molecule is CC(C)CC1CC(C)CC(C)N1c1ccccc1. The molecule has 3 unspecified atom stereocenters. The molecule has 1 heteroatoms. The first-order valence-corrected chi connectivity index (χ1v) is 7.41. The fourth-order valence-corrected chi connectivity index (χ4v) is 3.55. The summed E-state index contributed by atoms with van der Waals surface area (Å²) < 4.78 is 0. The molecule has 18 heavy (non-hydrogen) atoms. The second kappa shape index (κ2) is 5.77. The van der Waals surface area contributed by atoms with E-state index in [2.05, 4.69) is 62.9 Å². The maximum absolute atomic E-state index is 2.67. The molecule has 1 saturated heterocycles. The zero-order chi connectivity index (χ0) is 13.1. The molecule has 1 aromatic carbocycles. The predicted molar refractivity (Wildman–Crippen MR) is 80.0 cm³/mol. The monoisotopic (exact) mass is 245 g/mol. The molecule has 1 aliphatic heterocycles. The Morgan fingerprint density at radius 2 is 1.78 bits per heavy atom.